The fourth-order valence-electron chi connectivity index (χ4n) is 3.45. The summed E-state index contributed by atoms with van der Waals surface area (Å²) >= 11 is 0. The average Bonchev–Trinajstić information content (AvgIpc) is 3.18. The van der Waals surface area contributed by atoms with Gasteiger partial charge in [0.05, 0.1) is 23.6 Å². The molecule has 2 N–H and O–H groups in total. The van der Waals surface area contributed by atoms with E-state index >= 15 is 0 Å². The maximum absolute atomic E-state index is 12.8. The number of carbonyl (C=O) groups is 2. The number of nitrogens with zero attached hydrogens (tertiary/aromatic N) is 5. The summed E-state index contributed by atoms with van der Waals surface area (Å²) in [5.41, 5.74) is 1.01. The summed E-state index contributed by atoms with van der Waals surface area (Å²) in [7, 11) is -3.55. The molecule has 2 aromatic rings. The molecule has 1 fully saturated rings. The molecule has 0 bridgehead atoms. The van der Waals surface area contributed by atoms with E-state index in [2.05, 4.69) is 30.7 Å². The second kappa shape index (κ2) is 11.8. The van der Waals surface area contributed by atoms with Crippen molar-refractivity contribution in [3.8, 4) is 0 Å². The number of ether oxygens (including phenoxy) is 1. The van der Waals surface area contributed by atoms with Crippen molar-refractivity contribution in [2.24, 2.45) is 15.2 Å². The third kappa shape index (κ3) is 7.02. The van der Waals surface area contributed by atoms with E-state index in [4.69, 9.17) is 4.74 Å². The quantitative estimate of drug-likeness (QED) is 0.299. The zero-order chi connectivity index (χ0) is 25.4. The topological polar surface area (TPSA) is 159 Å². The molecule has 0 spiro atoms. The molecular weight excluding hydrogens is 474 g/mol. The van der Waals surface area contributed by atoms with Gasteiger partial charge in [-0.2, -0.15) is 14.5 Å². The summed E-state index contributed by atoms with van der Waals surface area (Å²) in [4.78, 5) is 27.8. The maximum atomic E-state index is 12.8. The molecule has 1 aliphatic rings. The van der Waals surface area contributed by atoms with Gasteiger partial charge in [0, 0.05) is 25.7 Å². The van der Waals surface area contributed by atoms with Crippen LogP contribution in [0.2, 0.25) is 0 Å². The third-order valence-electron chi connectivity index (χ3n) is 5.08. The Morgan fingerprint density at radius 1 is 1.11 bits per heavy atom. The Balaban J connectivity index is 1.83. The van der Waals surface area contributed by atoms with Crippen LogP contribution < -0.4 is 5.32 Å². The molecule has 0 radical (unpaired) electrons. The van der Waals surface area contributed by atoms with Gasteiger partial charge in [-0.05, 0) is 51.0 Å². The number of amides is 1. The predicted molar refractivity (Wildman–Crippen MR) is 130 cm³/mol. The number of piperidine rings is 1. The third-order valence-corrected chi connectivity index (χ3v) is 6.99. The van der Waals surface area contributed by atoms with E-state index < -0.39 is 16.0 Å². The van der Waals surface area contributed by atoms with Crippen LogP contribution in [0.5, 0.6) is 0 Å². The largest absolute Gasteiger partial charge is 0.466 e. The number of aromatic amines is 1. The first-order valence-corrected chi connectivity index (χ1v) is 12.7. The normalized spacial score (nSPS) is 15.3. The summed E-state index contributed by atoms with van der Waals surface area (Å²) in [6, 6.07) is 6.08. The molecule has 0 saturated carbocycles. The number of aromatic nitrogens is 2. The molecule has 1 aliphatic heterocycles. The second-order valence-corrected chi connectivity index (χ2v) is 9.88. The molecular formula is C22H29N7O5S. The van der Waals surface area contributed by atoms with Gasteiger partial charge in [-0.25, -0.2) is 13.4 Å². The highest BCUT2D eigenvalue weighted by Gasteiger charge is 2.25. The van der Waals surface area contributed by atoms with Gasteiger partial charge in [0.1, 0.15) is 0 Å². The van der Waals surface area contributed by atoms with Gasteiger partial charge < -0.3 is 10.1 Å². The van der Waals surface area contributed by atoms with E-state index in [1.54, 1.807) is 26.0 Å². The molecule has 0 unspecified atom stereocenters. The van der Waals surface area contributed by atoms with Gasteiger partial charge in [0.2, 0.25) is 15.9 Å². The van der Waals surface area contributed by atoms with E-state index in [1.807, 2.05) is 0 Å². The van der Waals surface area contributed by atoms with Gasteiger partial charge in [-0.1, -0.05) is 6.42 Å². The SMILES string of the molecule is CCOC(=O)C/C(C)=N/c1[nH]nc(NC(C)=O)c1N=Nc1ccc(S(=O)(=O)N2CCCCC2)cc1. The van der Waals surface area contributed by atoms with Crippen LogP contribution in [-0.2, 0) is 24.3 Å². The van der Waals surface area contributed by atoms with Crippen LogP contribution in [-0.4, -0.2) is 60.2 Å². The average molecular weight is 504 g/mol. The maximum Gasteiger partial charge on any atom is 0.311 e. The Morgan fingerprint density at radius 2 is 1.80 bits per heavy atom. The molecule has 1 saturated heterocycles. The lowest BCUT2D eigenvalue weighted by Gasteiger charge is -2.25. The molecule has 1 amide bonds. The first-order chi connectivity index (χ1) is 16.7. The lowest BCUT2D eigenvalue weighted by atomic mass is 10.2. The Morgan fingerprint density at radius 3 is 2.43 bits per heavy atom. The lowest BCUT2D eigenvalue weighted by molar-refractivity contribution is -0.141. The summed E-state index contributed by atoms with van der Waals surface area (Å²) < 4.78 is 32.1. The van der Waals surface area contributed by atoms with Crippen molar-refractivity contribution >= 4 is 50.6 Å². The minimum atomic E-state index is -3.55. The van der Waals surface area contributed by atoms with Crippen molar-refractivity contribution in [3.05, 3.63) is 24.3 Å². The summed E-state index contributed by atoms with van der Waals surface area (Å²) in [5, 5.41) is 17.6. The van der Waals surface area contributed by atoms with E-state index in [-0.39, 0.29) is 41.2 Å². The first-order valence-electron chi connectivity index (χ1n) is 11.3. The fourth-order valence-corrected chi connectivity index (χ4v) is 4.97. The van der Waals surface area contributed by atoms with Crippen molar-refractivity contribution in [2.75, 3.05) is 25.0 Å². The lowest BCUT2D eigenvalue weighted by Crippen LogP contribution is -2.35. The van der Waals surface area contributed by atoms with Crippen LogP contribution in [0, 0.1) is 0 Å². The molecule has 0 atom stereocenters. The Kier molecular flexibility index (Phi) is 8.82. The number of benzene rings is 1. The number of hydrogen-bond acceptors (Lipinski definition) is 9. The highest BCUT2D eigenvalue weighted by Crippen LogP contribution is 2.35. The molecule has 1 aromatic heterocycles. The zero-order valence-electron chi connectivity index (χ0n) is 19.9. The van der Waals surface area contributed by atoms with Crippen molar-refractivity contribution < 1.29 is 22.7 Å². The summed E-state index contributed by atoms with van der Waals surface area (Å²) in [6.45, 7) is 6.00. The number of rotatable bonds is 9. The van der Waals surface area contributed by atoms with Crippen LogP contribution in [0.25, 0.3) is 0 Å². The minimum Gasteiger partial charge on any atom is -0.466 e. The van der Waals surface area contributed by atoms with Crippen molar-refractivity contribution in [1.82, 2.24) is 14.5 Å². The van der Waals surface area contributed by atoms with E-state index in [9.17, 15) is 18.0 Å². The van der Waals surface area contributed by atoms with Crippen LogP contribution >= 0.6 is 0 Å². The number of nitrogens with one attached hydrogen (secondary N) is 2. The number of aliphatic imine (C=N–C) groups is 1. The number of anilines is 1. The summed E-state index contributed by atoms with van der Waals surface area (Å²) in [6.07, 6.45) is 2.73. The van der Waals surface area contributed by atoms with Gasteiger partial charge in [0.15, 0.2) is 17.3 Å². The Bertz CT molecular complexity index is 1210. The van der Waals surface area contributed by atoms with Crippen molar-refractivity contribution in [2.45, 2.75) is 51.3 Å². The van der Waals surface area contributed by atoms with Crippen LogP contribution in [0.4, 0.5) is 23.0 Å². The molecule has 1 aromatic carbocycles. The smallest absolute Gasteiger partial charge is 0.311 e. The van der Waals surface area contributed by atoms with Gasteiger partial charge in [0.25, 0.3) is 0 Å². The number of sulfonamides is 1. The number of hydrogen-bond donors (Lipinski definition) is 2. The number of azo groups is 1. The fraction of sp³-hybridized carbons (Fsp3) is 0.455. The highest BCUT2D eigenvalue weighted by atomic mass is 32.2. The van der Waals surface area contributed by atoms with Crippen molar-refractivity contribution in [1.29, 1.82) is 0 Å². The first kappa shape index (κ1) is 26.2. The van der Waals surface area contributed by atoms with Crippen LogP contribution in [0.15, 0.2) is 44.4 Å². The highest BCUT2D eigenvalue weighted by molar-refractivity contribution is 7.89. The molecule has 188 valence electrons. The Hall–Kier alpha value is -3.45. The summed E-state index contributed by atoms with van der Waals surface area (Å²) in [5.74, 6) is -0.464. The standard InChI is InChI=1S/C22H29N7O5S/c1-4-34-19(31)14-15(2)23-21-20(22(28-27-21)24-16(3)30)26-25-17-8-10-18(11-9-17)35(32,33)29-12-6-5-7-13-29/h8-11H,4-7,12-14H2,1-3H3,(H2,24,27,28,30)/b23-15+,26-25?. The Labute approximate surface area is 203 Å². The number of carbonyl (C=O) groups excluding carboxylic acids is 2. The molecule has 3 rings (SSSR count). The monoisotopic (exact) mass is 503 g/mol. The predicted octanol–water partition coefficient (Wildman–Crippen LogP) is 4.00. The number of H-pyrrole nitrogens is 1. The molecule has 35 heavy (non-hydrogen) atoms. The van der Waals surface area contributed by atoms with Gasteiger partial charge in [-0.15, -0.1) is 5.11 Å². The van der Waals surface area contributed by atoms with E-state index in [0.717, 1.165) is 19.3 Å². The van der Waals surface area contributed by atoms with E-state index in [1.165, 1.54) is 23.4 Å². The molecule has 12 nitrogen and oxygen atoms in total. The molecule has 0 aliphatic carbocycles. The van der Waals surface area contributed by atoms with Crippen LogP contribution in [0.3, 0.4) is 0 Å². The minimum absolute atomic E-state index is 0.0220. The zero-order valence-corrected chi connectivity index (χ0v) is 20.8. The van der Waals surface area contributed by atoms with Gasteiger partial charge >= 0.3 is 5.97 Å². The van der Waals surface area contributed by atoms with Crippen LogP contribution in [0.1, 0.15) is 46.5 Å². The second-order valence-electron chi connectivity index (χ2n) is 7.94. The molecule has 13 heteroatoms. The number of esters is 1. The van der Waals surface area contributed by atoms with E-state index in [0.29, 0.717) is 24.5 Å². The molecule has 2 heterocycles. The van der Waals surface area contributed by atoms with Crippen molar-refractivity contribution in [3.63, 3.8) is 0 Å². The van der Waals surface area contributed by atoms with Gasteiger partial charge in [-0.3, -0.25) is 14.7 Å².